The predicted molar refractivity (Wildman–Crippen MR) is 90.2 cm³/mol. The largest absolute Gasteiger partial charge is 0.328 e. The van der Waals surface area contributed by atoms with E-state index in [9.17, 15) is 4.79 Å². The topological polar surface area (TPSA) is 41.1 Å². The van der Waals surface area contributed by atoms with Crippen LogP contribution in [0.1, 0.15) is 35.1 Å². The van der Waals surface area contributed by atoms with E-state index in [4.69, 9.17) is 0 Å². The second kappa shape index (κ2) is 5.48. The molecule has 0 saturated heterocycles. The monoisotopic (exact) mass is 294 g/mol. The lowest BCUT2D eigenvalue weighted by atomic mass is 10.0. The molecule has 0 aromatic heterocycles. The third kappa shape index (κ3) is 2.84. The van der Waals surface area contributed by atoms with Crippen molar-refractivity contribution in [1.29, 1.82) is 0 Å². The van der Waals surface area contributed by atoms with Crippen LogP contribution in [0.3, 0.4) is 0 Å². The van der Waals surface area contributed by atoms with Crippen LogP contribution in [0.25, 0.3) is 0 Å². The van der Waals surface area contributed by atoms with Gasteiger partial charge in [0.25, 0.3) is 0 Å². The number of hydrogen-bond acceptors (Lipinski definition) is 1. The number of benzene rings is 2. The first-order chi connectivity index (χ1) is 10.5. The van der Waals surface area contributed by atoms with Gasteiger partial charge in [-0.2, -0.15) is 0 Å². The van der Waals surface area contributed by atoms with E-state index in [0.29, 0.717) is 0 Å². The molecule has 3 heteroatoms. The van der Waals surface area contributed by atoms with Gasteiger partial charge in [0.1, 0.15) is 0 Å². The molecule has 3 rings (SSSR count). The summed E-state index contributed by atoms with van der Waals surface area (Å²) in [5, 5.41) is 6.17. The van der Waals surface area contributed by atoms with Gasteiger partial charge in [0.05, 0.1) is 5.54 Å². The van der Waals surface area contributed by atoms with Crippen molar-refractivity contribution in [1.82, 2.24) is 5.32 Å². The summed E-state index contributed by atoms with van der Waals surface area (Å²) in [5.74, 6) is 0. The van der Waals surface area contributed by atoms with Crippen LogP contribution in [0.5, 0.6) is 0 Å². The Kier molecular flexibility index (Phi) is 3.65. The summed E-state index contributed by atoms with van der Waals surface area (Å²) in [6.07, 6.45) is 1.99. The lowest BCUT2D eigenvalue weighted by Crippen LogP contribution is -2.38. The van der Waals surface area contributed by atoms with Gasteiger partial charge in [0.2, 0.25) is 0 Å². The quantitative estimate of drug-likeness (QED) is 0.864. The molecule has 0 unspecified atom stereocenters. The molecule has 2 amide bonds. The van der Waals surface area contributed by atoms with Gasteiger partial charge in [-0.1, -0.05) is 48.0 Å². The maximum Gasteiger partial charge on any atom is 0.319 e. The number of nitrogens with one attached hydrogen (secondary N) is 2. The maximum absolute atomic E-state index is 12.4. The second-order valence-corrected chi connectivity index (χ2v) is 6.30. The van der Waals surface area contributed by atoms with Crippen LogP contribution in [-0.2, 0) is 5.54 Å². The molecule has 1 saturated carbocycles. The van der Waals surface area contributed by atoms with Crippen molar-refractivity contribution in [2.45, 2.75) is 39.2 Å². The average molecular weight is 294 g/mol. The Morgan fingerprint density at radius 3 is 2.14 bits per heavy atom. The van der Waals surface area contributed by atoms with Crippen molar-refractivity contribution in [2.75, 3.05) is 5.32 Å². The molecule has 0 spiro atoms. The Labute approximate surface area is 131 Å². The normalized spacial score (nSPS) is 15.2. The molecule has 0 bridgehead atoms. The number of urea groups is 1. The minimum atomic E-state index is -0.183. The summed E-state index contributed by atoms with van der Waals surface area (Å²) >= 11 is 0. The van der Waals surface area contributed by atoms with Gasteiger partial charge in [-0.05, 0) is 50.3 Å². The van der Waals surface area contributed by atoms with Crippen molar-refractivity contribution in [2.24, 2.45) is 0 Å². The van der Waals surface area contributed by atoms with Gasteiger partial charge >= 0.3 is 6.03 Å². The zero-order chi connectivity index (χ0) is 15.7. The van der Waals surface area contributed by atoms with Crippen LogP contribution in [0.2, 0.25) is 0 Å². The van der Waals surface area contributed by atoms with Crippen molar-refractivity contribution in [3.63, 3.8) is 0 Å². The number of anilines is 1. The molecule has 22 heavy (non-hydrogen) atoms. The Morgan fingerprint density at radius 1 is 1.00 bits per heavy atom. The van der Waals surface area contributed by atoms with Gasteiger partial charge in [-0.15, -0.1) is 0 Å². The molecule has 3 nitrogen and oxygen atoms in total. The van der Waals surface area contributed by atoms with E-state index in [1.807, 2.05) is 32.0 Å². The zero-order valence-corrected chi connectivity index (χ0v) is 13.4. The Bertz CT molecular complexity index is 680. The minimum absolute atomic E-state index is 0.128. The molecule has 0 radical (unpaired) electrons. The number of carbonyl (C=O) groups is 1. The van der Waals surface area contributed by atoms with E-state index in [2.05, 4.69) is 41.8 Å². The van der Waals surface area contributed by atoms with E-state index in [1.54, 1.807) is 0 Å². The Balaban J connectivity index is 1.74. The summed E-state index contributed by atoms with van der Waals surface area (Å²) in [6, 6.07) is 14.2. The highest BCUT2D eigenvalue weighted by atomic mass is 16.2. The van der Waals surface area contributed by atoms with Crippen LogP contribution in [0.4, 0.5) is 10.5 Å². The number of carbonyl (C=O) groups excluding carboxylic acids is 1. The number of hydrogen-bond donors (Lipinski definition) is 2. The fourth-order valence-electron chi connectivity index (χ4n) is 3.11. The third-order valence-electron chi connectivity index (χ3n) is 4.34. The lowest BCUT2D eigenvalue weighted by Gasteiger charge is -2.20. The van der Waals surface area contributed by atoms with Gasteiger partial charge in [0, 0.05) is 5.69 Å². The predicted octanol–water partition coefficient (Wildman–Crippen LogP) is 4.42. The average Bonchev–Trinajstić information content (AvgIpc) is 3.24. The first-order valence-corrected chi connectivity index (χ1v) is 7.73. The molecule has 0 aliphatic heterocycles. The molecule has 1 aliphatic carbocycles. The molecule has 2 aromatic carbocycles. The van der Waals surface area contributed by atoms with E-state index in [1.165, 1.54) is 11.1 Å². The molecule has 0 atom stereocenters. The van der Waals surface area contributed by atoms with E-state index in [0.717, 1.165) is 29.7 Å². The summed E-state index contributed by atoms with van der Waals surface area (Å²) in [5.41, 5.74) is 5.31. The van der Waals surface area contributed by atoms with Crippen LogP contribution < -0.4 is 10.6 Å². The number of aryl methyl sites for hydroxylation is 3. The maximum atomic E-state index is 12.4. The number of rotatable bonds is 3. The lowest BCUT2D eigenvalue weighted by molar-refractivity contribution is 0.247. The standard InChI is InChI=1S/C19H22N2O/c1-13-11-14(2)17(15(3)12-13)20-18(22)21-19(9-10-19)16-7-5-4-6-8-16/h4-8,11-12H,9-10H2,1-3H3,(H2,20,21,22). The van der Waals surface area contributed by atoms with Crippen LogP contribution >= 0.6 is 0 Å². The summed E-state index contributed by atoms with van der Waals surface area (Å²) < 4.78 is 0. The summed E-state index contributed by atoms with van der Waals surface area (Å²) in [6.45, 7) is 6.12. The molecular formula is C19H22N2O. The first kappa shape index (κ1) is 14.6. The van der Waals surface area contributed by atoms with Crippen molar-refractivity contribution >= 4 is 11.7 Å². The fraction of sp³-hybridized carbons (Fsp3) is 0.316. The van der Waals surface area contributed by atoms with Crippen molar-refractivity contribution in [3.05, 3.63) is 64.7 Å². The van der Waals surface area contributed by atoms with E-state index in [-0.39, 0.29) is 11.6 Å². The second-order valence-electron chi connectivity index (χ2n) is 6.30. The van der Waals surface area contributed by atoms with Gasteiger partial charge in [-0.3, -0.25) is 0 Å². The molecule has 114 valence electrons. The first-order valence-electron chi connectivity index (χ1n) is 7.73. The van der Waals surface area contributed by atoms with Crippen LogP contribution in [-0.4, -0.2) is 6.03 Å². The van der Waals surface area contributed by atoms with E-state index >= 15 is 0 Å². The van der Waals surface area contributed by atoms with E-state index < -0.39 is 0 Å². The molecule has 2 aromatic rings. The molecule has 2 N–H and O–H groups in total. The summed E-state index contributed by atoms with van der Waals surface area (Å²) in [7, 11) is 0. The highest BCUT2D eigenvalue weighted by Crippen LogP contribution is 2.45. The fourth-order valence-corrected chi connectivity index (χ4v) is 3.11. The highest BCUT2D eigenvalue weighted by molar-refractivity contribution is 5.92. The van der Waals surface area contributed by atoms with Gasteiger partial charge < -0.3 is 10.6 Å². The Morgan fingerprint density at radius 2 is 1.59 bits per heavy atom. The zero-order valence-electron chi connectivity index (χ0n) is 13.4. The van der Waals surface area contributed by atoms with Gasteiger partial charge in [-0.25, -0.2) is 4.79 Å². The van der Waals surface area contributed by atoms with Crippen LogP contribution in [0.15, 0.2) is 42.5 Å². The molecule has 1 fully saturated rings. The SMILES string of the molecule is Cc1cc(C)c(NC(=O)NC2(c3ccccc3)CC2)c(C)c1. The van der Waals surface area contributed by atoms with Crippen molar-refractivity contribution < 1.29 is 4.79 Å². The Hall–Kier alpha value is -2.29. The molecule has 1 aliphatic rings. The third-order valence-corrected chi connectivity index (χ3v) is 4.34. The van der Waals surface area contributed by atoms with Gasteiger partial charge in [0.15, 0.2) is 0 Å². The van der Waals surface area contributed by atoms with Crippen molar-refractivity contribution in [3.8, 4) is 0 Å². The minimum Gasteiger partial charge on any atom is -0.328 e. The summed E-state index contributed by atoms with van der Waals surface area (Å²) in [4.78, 5) is 12.4. The smallest absolute Gasteiger partial charge is 0.319 e. The molecular weight excluding hydrogens is 272 g/mol. The number of amides is 2. The van der Waals surface area contributed by atoms with Crippen LogP contribution in [0, 0.1) is 20.8 Å². The highest BCUT2D eigenvalue weighted by Gasteiger charge is 2.45. The molecule has 0 heterocycles.